The molecule has 0 aliphatic carbocycles. The van der Waals surface area contributed by atoms with Crippen molar-refractivity contribution in [3.8, 4) is 5.75 Å². The molecule has 0 aliphatic rings. The molecule has 0 unspecified atom stereocenters. The Morgan fingerprint density at radius 2 is 1.62 bits per heavy atom. The second-order valence-electron chi connectivity index (χ2n) is 3.55. The van der Waals surface area contributed by atoms with Gasteiger partial charge in [-0.05, 0) is 36.1 Å². The van der Waals surface area contributed by atoms with Crippen molar-refractivity contribution in [3.05, 3.63) is 29.3 Å². The molecule has 1 aromatic rings. The zero-order chi connectivity index (χ0) is 11.8. The van der Waals surface area contributed by atoms with Gasteiger partial charge in [0, 0.05) is 5.33 Å². The van der Waals surface area contributed by atoms with Crippen LogP contribution in [0.5, 0.6) is 5.75 Å². The van der Waals surface area contributed by atoms with Crippen LogP contribution in [0.3, 0.4) is 0 Å². The lowest BCUT2D eigenvalue weighted by molar-refractivity contribution is 0.270. The van der Waals surface area contributed by atoms with E-state index in [0.717, 1.165) is 29.3 Å². The van der Waals surface area contributed by atoms with E-state index in [9.17, 15) is 0 Å². The minimum atomic E-state index is -0.0361. The van der Waals surface area contributed by atoms with E-state index < -0.39 is 0 Å². The molecule has 3 nitrogen and oxygen atoms in total. The number of halogens is 1. The van der Waals surface area contributed by atoms with Crippen LogP contribution in [0.2, 0.25) is 0 Å². The second-order valence-corrected chi connectivity index (χ2v) is 4.34. The molecule has 0 aromatic heterocycles. The zero-order valence-electron chi connectivity index (χ0n) is 9.16. The predicted octanol–water partition coefficient (Wildman–Crippen LogP) is 2.23. The molecule has 0 aliphatic heterocycles. The molecule has 16 heavy (non-hydrogen) atoms. The summed E-state index contributed by atoms with van der Waals surface area (Å²) < 4.78 is 5.55. The van der Waals surface area contributed by atoms with Crippen molar-refractivity contribution in [1.29, 1.82) is 0 Å². The molecule has 0 heterocycles. The molecule has 2 N–H and O–H groups in total. The number of ether oxygens (including phenoxy) is 1. The third-order valence-corrected chi connectivity index (χ3v) is 2.75. The summed E-state index contributed by atoms with van der Waals surface area (Å²) in [6.45, 7) is 0.586. The largest absolute Gasteiger partial charge is 0.494 e. The van der Waals surface area contributed by atoms with Crippen molar-refractivity contribution < 1.29 is 14.9 Å². The molecule has 1 rings (SSSR count). The Morgan fingerprint density at radius 3 is 2.12 bits per heavy atom. The highest BCUT2D eigenvalue weighted by Crippen LogP contribution is 2.18. The number of hydrogen-bond donors (Lipinski definition) is 2. The Balaban J connectivity index is 2.57. The highest BCUT2D eigenvalue weighted by Gasteiger charge is 2.01. The second kappa shape index (κ2) is 7.65. The molecular weight excluding hydrogens is 272 g/mol. The molecule has 90 valence electrons. The lowest BCUT2D eigenvalue weighted by Crippen LogP contribution is -1.99. The fraction of sp³-hybridized carbons (Fsp3) is 0.500. The Labute approximate surface area is 104 Å². The zero-order valence-corrected chi connectivity index (χ0v) is 10.7. The summed E-state index contributed by atoms with van der Waals surface area (Å²) in [5, 5.41) is 19.1. The highest BCUT2D eigenvalue weighted by molar-refractivity contribution is 9.09. The summed E-state index contributed by atoms with van der Waals surface area (Å²) in [4.78, 5) is 0. The first-order chi connectivity index (χ1) is 7.80. The van der Waals surface area contributed by atoms with Gasteiger partial charge in [0.1, 0.15) is 5.75 Å². The van der Waals surface area contributed by atoms with Crippen LogP contribution >= 0.6 is 15.9 Å². The van der Waals surface area contributed by atoms with Crippen LogP contribution in [0, 0.1) is 0 Å². The first-order valence-electron chi connectivity index (χ1n) is 5.33. The first kappa shape index (κ1) is 13.5. The first-order valence-corrected chi connectivity index (χ1v) is 6.45. The van der Waals surface area contributed by atoms with E-state index in [1.807, 2.05) is 0 Å². The van der Waals surface area contributed by atoms with Gasteiger partial charge in [0.15, 0.2) is 0 Å². The lowest BCUT2D eigenvalue weighted by Gasteiger charge is -2.09. The van der Waals surface area contributed by atoms with Crippen molar-refractivity contribution in [2.24, 2.45) is 0 Å². The summed E-state index contributed by atoms with van der Waals surface area (Å²) in [7, 11) is 0. The molecular formula is C12H17BrO3. The Hall–Kier alpha value is -0.580. The fourth-order valence-corrected chi connectivity index (χ4v) is 1.78. The molecule has 0 amide bonds. The number of hydrogen-bond acceptors (Lipinski definition) is 3. The standard InChI is InChI=1S/C12H17BrO3/c13-3-1-2-4-16-12-6-10(8-14)5-11(7-12)9-15/h5-7,14-15H,1-4,8-9H2. The van der Waals surface area contributed by atoms with Crippen molar-refractivity contribution in [3.63, 3.8) is 0 Å². The van der Waals surface area contributed by atoms with E-state index in [1.54, 1.807) is 18.2 Å². The molecule has 0 radical (unpaired) electrons. The normalized spacial score (nSPS) is 10.4. The van der Waals surface area contributed by atoms with Crippen molar-refractivity contribution in [1.82, 2.24) is 0 Å². The van der Waals surface area contributed by atoms with Crippen LogP contribution in [0.25, 0.3) is 0 Å². The number of unbranched alkanes of at least 4 members (excludes halogenated alkanes) is 1. The van der Waals surface area contributed by atoms with Crippen LogP contribution < -0.4 is 4.74 Å². The highest BCUT2D eigenvalue weighted by atomic mass is 79.9. The van der Waals surface area contributed by atoms with Crippen molar-refractivity contribution >= 4 is 15.9 Å². The van der Waals surface area contributed by atoms with E-state index >= 15 is 0 Å². The topological polar surface area (TPSA) is 49.7 Å². The number of alkyl halides is 1. The maximum Gasteiger partial charge on any atom is 0.120 e. The van der Waals surface area contributed by atoms with Gasteiger partial charge in [-0.25, -0.2) is 0 Å². The summed E-state index contributed by atoms with van der Waals surface area (Å²) in [5.74, 6) is 0.713. The predicted molar refractivity (Wildman–Crippen MR) is 66.8 cm³/mol. The lowest BCUT2D eigenvalue weighted by atomic mass is 10.1. The third-order valence-electron chi connectivity index (χ3n) is 2.19. The smallest absolute Gasteiger partial charge is 0.120 e. The minimum Gasteiger partial charge on any atom is -0.494 e. The molecule has 1 aromatic carbocycles. The molecule has 0 saturated carbocycles. The van der Waals surface area contributed by atoms with Crippen molar-refractivity contribution in [2.45, 2.75) is 26.1 Å². The number of benzene rings is 1. The summed E-state index contributed by atoms with van der Waals surface area (Å²) in [6, 6.07) is 5.37. The molecule has 0 atom stereocenters. The van der Waals surface area contributed by atoms with E-state index in [2.05, 4.69) is 15.9 Å². The SMILES string of the molecule is OCc1cc(CO)cc(OCCCCBr)c1. The number of rotatable bonds is 7. The molecule has 0 fully saturated rings. The summed E-state index contributed by atoms with van der Waals surface area (Å²) in [6.07, 6.45) is 2.07. The van der Waals surface area contributed by atoms with E-state index in [1.165, 1.54) is 0 Å². The van der Waals surface area contributed by atoms with Gasteiger partial charge in [-0.2, -0.15) is 0 Å². The van der Waals surface area contributed by atoms with Gasteiger partial charge in [-0.15, -0.1) is 0 Å². The van der Waals surface area contributed by atoms with Gasteiger partial charge in [-0.3, -0.25) is 0 Å². The van der Waals surface area contributed by atoms with Gasteiger partial charge in [-0.1, -0.05) is 22.0 Å². The summed E-state index contributed by atoms with van der Waals surface area (Å²) in [5.41, 5.74) is 1.53. The van der Waals surface area contributed by atoms with Crippen LogP contribution in [-0.2, 0) is 13.2 Å². The Morgan fingerprint density at radius 1 is 1.00 bits per heavy atom. The van der Waals surface area contributed by atoms with Gasteiger partial charge in [0.2, 0.25) is 0 Å². The maximum absolute atomic E-state index is 9.05. The monoisotopic (exact) mass is 288 g/mol. The number of aliphatic hydroxyl groups is 2. The molecule has 4 heteroatoms. The van der Waals surface area contributed by atoms with E-state index in [-0.39, 0.29) is 13.2 Å². The maximum atomic E-state index is 9.05. The number of aliphatic hydroxyl groups excluding tert-OH is 2. The van der Waals surface area contributed by atoms with Gasteiger partial charge in [0.25, 0.3) is 0 Å². The van der Waals surface area contributed by atoms with Crippen LogP contribution in [0.4, 0.5) is 0 Å². The third kappa shape index (κ3) is 4.51. The molecule has 0 spiro atoms. The Kier molecular flexibility index (Phi) is 6.45. The van der Waals surface area contributed by atoms with E-state index in [0.29, 0.717) is 12.4 Å². The average Bonchev–Trinajstić information content (AvgIpc) is 2.34. The molecule has 0 bridgehead atoms. The fourth-order valence-electron chi connectivity index (χ4n) is 1.38. The molecule has 0 saturated heterocycles. The summed E-state index contributed by atoms with van der Waals surface area (Å²) >= 11 is 3.36. The van der Waals surface area contributed by atoms with Crippen LogP contribution in [0.1, 0.15) is 24.0 Å². The van der Waals surface area contributed by atoms with Crippen LogP contribution in [-0.4, -0.2) is 22.2 Å². The average molecular weight is 289 g/mol. The van der Waals surface area contributed by atoms with Gasteiger partial charge >= 0.3 is 0 Å². The van der Waals surface area contributed by atoms with Crippen LogP contribution in [0.15, 0.2) is 18.2 Å². The van der Waals surface area contributed by atoms with Crippen molar-refractivity contribution in [2.75, 3.05) is 11.9 Å². The van der Waals surface area contributed by atoms with Gasteiger partial charge in [0.05, 0.1) is 19.8 Å². The Bertz CT molecular complexity index is 293. The van der Waals surface area contributed by atoms with E-state index in [4.69, 9.17) is 14.9 Å². The minimum absolute atomic E-state index is 0.0361. The van der Waals surface area contributed by atoms with Gasteiger partial charge < -0.3 is 14.9 Å². The quantitative estimate of drug-likeness (QED) is 0.598.